The Labute approximate surface area is 191 Å². The van der Waals surface area contributed by atoms with Crippen molar-refractivity contribution in [1.29, 1.82) is 0 Å². The molecule has 9 heteroatoms. The van der Waals surface area contributed by atoms with Gasteiger partial charge in [-0.15, -0.1) is 0 Å². The lowest BCUT2D eigenvalue weighted by Gasteiger charge is -2.40. The topological polar surface area (TPSA) is 81.2 Å². The summed E-state index contributed by atoms with van der Waals surface area (Å²) in [5, 5.41) is 0. The normalized spacial score (nSPS) is 22.8. The third kappa shape index (κ3) is 4.93. The molecule has 0 aliphatic carbocycles. The number of piperazine rings is 1. The van der Waals surface area contributed by atoms with Crippen LogP contribution < -0.4 is 5.46 Å². The van der Waals surface area contributed by atoms with Crippen LogP contribution in [0.15, 0.2) is 12.3 Å². The van der Waals surface area contributed by atoms with Crippen LogP contribution in [-0.2, 0) is 14.0 Å². The molecule has 2 fully saturated rings. The van der Waals surface area contributed by atoms with Crippen molar-refractivity contribution in [2.45, 2.75) is 85.2 Å². The zero-order chi connectivity index (χ0) is 24.1. The molecular formula is C23H36BN3O5. The number of nitrogens with zero attached hydrogens (tertiary/aromatic N) is 3. The molecule has 1 atom stereocenters. The molecule has 2 saturated heterocycles. The van der Waals surface area contributed by atoms with Crippen LogP contribution in [0.3, 0.4) is 0 Å². The highest BCUT2D eigenvalue weighted by molar-refractivity contribution is 6.62. The number of amides is 2. The maximum atomic E-state index is 13.4. The summed E-state index contributed by atoms with van der Waals surface area (Å²) in [5.74, 6) is -0.107. The summed E-state index contributed by atoms with van der Waals surface area (Å²) in [6.45, 7) is 18.5. The van der Waals surface area contributed by atoms with E-state index in [1.54, 1.807) is 16.0 Å². The highest BCUT2D eigenvalue weighted by Crippen LogP contribution is 2.36. The van der Waals surface area contributed by atoms with E-state index in [1.165, 1.54) is 0 Å². The second-order valence-electron chi connectivity index (χ2n) is 10.8. The van der Waals surface area contributed by atoms with E-state index >= 15 is 0 Å². The molecular weight excluding hydrogens is 409 g/mol. The zero-order valence-electron chi connectivity index (χ0n) is 20.8. The maximum Gasteiger partial charge on any atom is 0.496 e. The van der Waals surface area contributed by atoms with Crippen molar-refractivity contribution in [2.24, 2.45) is 0 Å². The first-order valence-corrected chi connectivity index (χ1v) is 11.2. The maximum absolute atomic E-state index is 13.4. The van der Waals surface area contributed by atoms with Gasteiger partial charge in [0.05, 0.1) is 16.8 Å². The Kier molecular flexibility index (Phi) is 6.39. The molecule has 0 N–H and O–H groups in total. The summed E-state index contributed by atoms with van der Waals surface area (Å²) in [4.78, 5) is 33.7. The predicted octanol–water partition coefficient (Wildman–Crippen LogP) is 2.77. The molecule has 2 aliphatic heterocycles. The minimum absolute atomic E-state index is 0.107. The Hall–Kier alpha value is -2.13. The van der Waals surface area contributed by atoms with E-state index in [1.807, 2.05) is 68.4 Å². The molecule has 8 nitrogen and oxygen atoms in total. The highest BCUT2D eigenvalue weighted by Gasteiger charge is 2.52. The Morgan fingerprint density at radius 1 is 1.16 bits per heavy atom. The van der Waals surface area contributed by atoms with Crippen molar-refractivity contribution in [1.82, 2.24) is 14.8 Å². The standard InChI is InChI=1S/C23H36BN3O5/c1-15-14-26(20(29)30-21(3,4)5)10-11-27(15)19(28)18-12-17(13-25-16(18)2)24-31-22(6,7)23(8,9)32-24/h12-13,15H,10-11,14H2,1-9H3. The molecule has 0 bridgehead atoms. The molecule has 3 rings (SSSR count). The highest BCUT2D eigenvalue weighted by atomic mass is 16.7. The fourth-order valence-corrected chi connectivity index (χ4v) is 3.78. The van der Waals surface area contributed by atoms with Crippen molar-refractivity contribution in [2.75, 3.05) is 19.6 Å². The molecule has 1 aromatic rings. The van der Waals surface area contributed by atoms with Crippen molar-refractivity contribution in [3.63, 3.8) is 0 Å². The van der Waals surface area contributed by atoms with E-state index < -0.39 is 23.9 Å². The largest absolute Gasteiger partial charge is 0.496 e. The molecule has 32 heavy (non-hydrogen) atoms. The summed E-state index contributed by atoms with van der Waals surface area (Å²) in [5.41, 5.74) is 0.395. The fourth-order valence-electron chi connectivity index (χ4n) is 3.78. The third-order valence-electron chi connectivity index (χ3n) is 6.40. The van der Waals surface area contributed by atoms with Gasteiger partial charge in [0.1, 0.15) is 5.60 Å². The van der Waals surface area contributed by atoms with Crippen LogP contribution in [0.1, 0.15) is 71.4 Å². The van der Waals surface area contributed by atoms with Crippen LogP contribution >= 0.6 is 0 Å². The Morgan fingerprint density at radius 3 is 2.28 bits per heavy atom. The van der Waals surface area contributed by atoms with Gasteiger partial charge in [0, 0.05) is 43.0 Å². The lowest BCUT2D eigenvalue weighted by molar-refractivity contribution is 0.00578. The zero-order valence-corrected chi connectivity index (χ0v) is 20.8. The lowest BCUT2D eigenvalue weighted by Crippen LogP contribution is -2.56. The smallest absolute Gasteiger partial charge is 0.444 e. The van der Waals surface area contributed by atoms with Crippen LogP contribution in [0.4, 0.5) is 4.79 Å². The number of pyridine rings is 1. The van der Waals surface area contributed by atoms with Crippen LogP contribution in [-0.4, -0.2) is 76.4 Å². The second-order valence-corrected chi connectivity index (χ2v) is 10.8. The Morgan fingerprint density at radius 2 is 1.75 bits per heavy atom. The fraction of sp³-hybridized carbons (Fsp3) is 0.696. The van der Waals surface area contributed by atoms with Gasteiger partial charge >= 0.3 is 13.2 Å². The van der Waals surface area contributed by atoms with Gasteiger partial charge in [-0.2, -0.15) is 0 Å². The number of aromatic nitrogens is 1. The quantitative estimate of drug-likeness (QED) is 0.652. The van der Waals surface area contributed by atoms with Gasteiger partial charge in [0.15, 0.2) is 0 Å². The average molecular weight is 445 g/mol. The van der Waals surface area contributed by atoms with Gasteiger partial charge < -0.3 is 23.8 Å². The monoisotopic (exact) mass is 445 g/mol. The summed E-state index contributed by atoms with van der Waals surface area (Å²) in [7, 11) is -0.582. The number of rotatable bonds is 2. The molecule has 3 heterocycles. The summed E-state index contributed by atoms with van der Waals surface area (Å²) in [6.07, 6.45) is 1.36. The van der Waals surface area contributed by atoms with E-state index in [4.69, 9.17) is 14.0 Å². The minimum atomic E-state index is -0.582. The molecule has 0 radical (unpaired) electrons. The first-order chi connectivity index (χ1) is 14.6. The third-order valence-corrected chi connectivity index (χ3v) is 6.40. The van der Waals surface area contributed by atoms with E-state index in [0.717, 1.165) is 5.46 Å². The SMILES string of the molecule is Cc1ncc(B2OC(C)(C)C(C)(C)O2)cc1C(=O)N1CCN(C(=O)OC(C)(C)C)CC1C. The first kappa shape index (κ1) is 24.5. The van der Waals surface area contributed by atoms with Gasteiger partial charge in [0.2, 0.25) is 0 Å². The Bertz CT molecular complexity index is 880. The number of hydrogen-bond acceptors (Lipinski definition) is 6. The van der Waals surface area contributed by atoms with Crippen LogP contribution in [0.2, 0.25) is 0 Å². The Balaban J connectivity index is 1.75. The predicted molar refractivity (Wildman–Crippen MR) is 123 cm³/mol. The van der Waals surface area contributed by atoms with E-state index in [0.29, 0.717) is 30.9 Å². The molecule has 1 unspecified atom stereocenters. The number of carbonyl (C=O) groups excluding carboxylic acids is 2. The van der Waals surface area contributed by atoms with Gasteiger partial charge in [0.25, 0.3) is 5.91 Å². The number of ether oxygens (including phenoxy) is 1. The molecule has 0 spiro atoms. The first-order valence-electron chi connectivity index (χ1n) is 11.2. The van der Waals surface area contributed by atoms with Gasteiger partial charge in [-0.25, -0.2) is 4.79 Å². The lowest BCUT2D eigenvalue weighted by atomic mass is 9.79. The summed E-state index contributed by atoms with van der Waals surface area (Å²) in [6, 6.07) is 1.67. The second kappa shape index (κ2) is 8.34. The van der Waals surface area contributed by atoms with Crippen LogP contribution in [0.5, 0.6) is 0 Å². The molecule has 0 saturated carbocycles. The van der Waals surface area contributed by atoms with Crippen molar-refractivity contribution in [3.05, 3.63) is 23.5 Å². The van der Waals surface area contributed by atoms with E-state index in [-0.39, 0.29) is 18.0 Å². The molecule has 1 aromatic heterocycles. The molecule has 2 aliphatic rings. The summed E-state index contributed by atoms with van der Waals surface area (Å²) >= 11 is 0. The molecule has 2 amide bonds. The number of carbonyl (C=O) groups is 2. The minimum Gasteiger partial charge on any atom is -0.444 e. The molecule has 0 aromatic carbocycles. The number of hydrogen-bond donors (Lipinski definition) is 0. The summed E-state index contributed by atoms with van der Waals surface area (Å²) < 4.78 is 17.7. The number of aryl methyl sites for hydroxylation is 1. The van der Waals surface area contributed by atoms with Gasteiger partial charge in [-0.05, 0) is 68.4 Å². The van der Waals surface area contributed by atoms with Crippen molar-refractivity contribution < 1.29 is 23.6 Å². The van der Waals surface area contributed by atoms with Gasteiger partial charge in [-0.1, -0.05) is 0 Å². The van der Waals surface area contributed by atoms with E-state index in [2.05, 4.69) is 4.98 Å². The van der Waals surface area contributed by atoms with Gasteiger partial charge in [-0.3, -0.25) is 9.78 Å². The van der Waals surface area contributed by atoms with Crippen molar-refractivity contribution >= 4 is 24.6 Å². The molecule has 176 valence electrons. The van der Waals surface area contributed by atoms with E-state index in [9.17, 15) is 9.59 Å². The van der Waals surface area contributed by atoms with Crippen LogP contribution in [0.25, 0.3) is 0 Å². The average Bonchev–Trinajstić information content (AvgIpc) is 2.87. The van der Waals surface area contributed by atoms with Crippen LogP contribution in [0, 0.1) is 6.92 Å². The van der Waals surface area contributed by atoms with Crippen molar-refractivity contribution in [3.8, 4) is 0 Å².